The minimum atomic E-state index is -0.0977. The van der Waals surface area contributed by atoms with Gasteiger partial charge in [-0.2, -0.15) is 5.10 Å². The average Bonchev–Trinajstić information content (AvgIpc) is 3.32. The van der Waals surface area contributed by atoms with Crippen LogP contribution in [0.5, 0.6) is 0 Å². The first-order valence-electron chi connectivity index (χ1n) is 12.8. The molecule has 8 heteroatoms. The summed E-state index contributed by atoms with van der Waals surface area (Å²) in [6, 6.07) is 9.92. The van der Waals surface area contributed by atoms with E-state index in [1.54, 1.807) is 22.0 Å². The molecular formula is C28H40N6OS. The topological polar surface area (TPSA) is 75.4 Å². The minimum Gasteiger partial charge on any atom is -0.350 e. The number of thiophene rings is 1. The zero-order valence-electron chi connectivity index (χ0n) is 21.9. The molecule has 7 nitrogen and oxygen atoms in total. The van der Waals surface area contributed by atoms with Gasteiger partial charge in [0, 0.05) is 32.9 Å². The van der Waals surface area contributed by atoms with Crippen LogP contribution in [0.3, 0.4) is 0 Å². The molecule has 0 aliphatic heterocycles. The summed E-state index contributed by atoms with van der Waals surface area (Å²) in [6.45, 7) is 13.1. The second-order valence-corrected chi connectivity index (χ2v) is 10.4. The molecule has 4 aromatic heterocycles. The first-order valence-corrected chi connectivity index (χ1v) is 13.7. The maximum atomic E-state index is 12.9. The highest BCUT2D eigenvalue weighted by Gasteiger charge is 2.17. The number of nitrogens with one attached hydrogen (secondary N) is 1. The van der Waals surface area contributed by atoms with Gasteiger partial charge in [0.25, 0.3) is 5.91 Å². The summed E-state index contributed by atoms with van der Waals surface area (Å²) in [5.74, 6) is 0.986. The van der Waals surface area contributed by atoms with E-state index >= 15 is 0 Å². The van der Waals surface area contributed by atoms with E-state index in [4.69, 9.17) is 4.98 Å². The minimum absolute atomic E-state index is 0. The van der Waals surface area contributed by atoms with Crippen LogP contribution in [0.2, 0.25) is 0 Å². The highest BCUT2D eigenvalue weighted by molar-refractivity contribution is 7.13. The van der Waals surface area contributed by atoms with Crippen LogP contribution in [0.1, 0.15) is 59.4 Å². The maximum Gasteiger partial charge on any atom is 0.251 e. The van der Waals surface area contributed by atoms with Crippen LogP contribution in [0.15, 0.2) is 48.1 Å². The quantitative estimate of drug-likeness (QED) is 0.307. The van der Waals surface area contributed by atoms with E-state index in [-0.39, 0.29) is 14.8 Å². The van der Waals surface area contributed by atoms with Crippen molar-refractivity contribution >= 4 is 22.9 Å². The molecule has 4 heterocycles. The Morgan fingerprint density at radius 1 is 1.22 bits per heavy atom. The number of likely N-dealkylation sites (N-methyl/N-ethyl adjacent to an activating group) is 1. The number of aromatic nitrogens is 4. The summed E-state index contributed by atoms with van der Waals surface area (Å²) < 4.78 is 1.74. The molecule has 0 aromatic carbocycles. The Hall–Kier alpha value is -3.10. The van der Waals surface area contributed by atoms with Crippen LogP contribution in [0, 0.1) is 12.8 Å². The van der Waals surface area contributed by atoms with Crippen molar-refractivity contribution in [2.45, 2.75) is 53.5 Å². The van der Waals surface area contributed by atoms with Gasteiger partial charge >= 0.3 is 0 Å². The number of carbonyl (C=O) groups is 1. The zero-order chi connectivity index (χ0) is 25.7. The molecule has 0 spiro atoms. The molecule has 36 heavy (non-hydrogen) atoms. The molecule has 1 amide bonds. The standard InChI is InChI=1S/C24H28N6OS.C4H8.2H2/c1-5-29(6-2)17(4)14-25-24(31)18-12-16(3)27-21(13-18)19-15-26-30-10-9-20(28-23(19)30)22-8-7-11-32-22;1-4-2-3-4;;/h7-13,15,17H,5-6,14H2,1-4H3,(H,25,31);4H,2-3H2,1H3;2*1H/t17-;;;/m0.../s1. The number of hydrogen-bond acceptors (Lipinski definition) is 6. The van der Waals surface area contributed by atoms with E-state index in [2.05, 4.69) is 48.0 Å². The van der Waals surface area contributed by atoms with E-state index in [9.17, 15) is 4.79 Å². The second-order valence-electron chi connectivity index (χ2n) is 9.46. The molecule has 1 aliphatic carbocycles. The predicted octanol–water partition coefficient (Wildman–Crippen LogP) is 6.20. The zero-order valence-corrected chi connectivity index (χ0v) is 22.7. The van der Waals surface area contributed by atoms with Crippen molar-refractivity contribution in [1.82, 2.24) is 29.8 Å². The second kappa shape index (κ2) is 11.8. The molecule has 1 N–H and O–H groups in total. The third kappa shape index (κ3) is 6.36. The molecule has 0 unspecified atom stereocenters. The highest BCUT2D eigenvalue weighted by Crippen LogP contribution is 2.28. The first-order chi connectivity index (χ1) is 17.4. The molecule has 1 aliphatic rings. The van der Waals surface area contributed by atoms with Gasteiger partial charge in [0.15, 0.2) is 5.65 Å². The van der Waals surface area contributed by atoms with Gasteiger partial charge in [-0.15, -0.1) is 11.3 Å². The smallest absolute Gasteiger partial charge is 0.251 e. The summed E-state index contributed by atoms with van der Waals surface area (Å²) in [6.07, 6.45) is 6.63. The summed E-state index contributed by atoms with van der Waals surface area (Å²) >= 11 is 1.65. The van der Waals surface area contributed by atoms with Crippen molar-refractivity contribution in [1.29, 1.82) is 0 Å². The molecule has 5 rings (SSSR count). The molecular weight excluding hydrogens is 468 g/mol. The van der Waals surface area contributed by atoms with Crippen LogP contribution in [-0.2, 0) is 0 Å². The Bertz CT molecular complexity index is 1300. The van der Waals surface area contributed by atoms with Crippen LogP contribution < -0.4 is 5.32 Å². The lowest BCUT2D eigenvalue weighted by atomic mass is 10.1. The fraction of sp³-hybridized carbons (Fsp3) is 0.429. The molecule has 1 fully saturated rings. The fourth-order valence-electron chi connectivity index (χ4n) is 4.03. The van der Waals surface area contributed by atoms with Crippen LogP contribution >= 0.6 is 11.3 Å². The number of aryl methyl sites for hydroxylation is 1. The monoisotopic (exact) mass is 508 g/mol. The van der Waals surface area contributed by atoms with E-state index in [0.29, 0.717) is 17.8 Å². The lowest BCUT2D eigenvalue weighted by Gasteiger charge is -2.26. The first kappa shape index (κ1) is 26.0. The van der Waals surface area contributed by atoms with Crippen molar-refractivity contribution in [3.05, 3.63) is 59.4 Å². The van der Waals surface area contributed by atoms with Crippen LogP contribution in [0.25, 0.3) is 27.5 Å². The third-order valence-corrected chi connectivity index (χ3v) is 7.39. The molecule has 4 aromatic rings. The van der Waals surface area contributed by atoms with Gasteiger partial charge in [0.05, 0.1) is 28.0 Å². The highest BCUT2D eigenvalue weighted by atomic mass is 32.1. The van der Waals surface area contributed by atoms with Crippen LogP contribution in [-0.4, -0.2) is 56.1 Å². The van der Waals surface area contributed by atoms with E-state index in [1.807, 2.05) is 48.8 Å². The van der Waals surface area contributed by atoms with Crippen molar-refractivity contribution < 1.29 is 7.65 Å². The number of amides is 1. The Morgan fingerprint density at radius 3 is 2.61 bits per heavy atom. The average molecular weight is 509 g/mol. The molecule has 194 valence electrons. The number of pyridine rings is 1. The normalized spacial score (nSPS) is 13.9. The number of carbonyl (C=O) groups excluding carboxylic acids is 1. The predicted molar refractivity (Wildman–Crippen MR) is 152 cm³/mol. The number of rotatable bonds is 8. The van der Waals surface area contributed by atoms with Gasteiger partial charge in [0.2, 0.25) is 0 Å². The van der Waals surface area contributed by atoms with Gasteiger partial charge in [-0.1, -0.05) is 39.7 Å². The lowest BCUT2D eigenvalue weighted by molar-refractivity contribution is 0.0938. The van der Waals surface area contributed by atoms with Gasteiger partial charge in [-0.3, -0.25) is 14.7 Å². The fourth-order valence-corrected chi connectivity index (χ4v) is 4.73. The number of nitrogens with zero attached hydrogens (tertiary/aromatic N) is 5. The number of fused-ring (bicyclic) bond motifs is 1. The Labute approximate surface area is 220 Å². The largest absolute Gasteiger partial charge is 0.350 e. The van der Waals surface area contributed by atoms with Crippen molar-refractivity contribution in [2.75, 3.05) is 19.6 Å². The van der Waals surface area contributed by atoms with Crippen LogP contribution in [0.4, 0.5) is 0 Å². The SMILES string of the molecule is CC1CC1.CCN(CC)[C@@H](C)CNC(=O)c1cc(C)nc(-c2cnn3ccc(-c4cccs4)nc23)c1.[HH].[HH]. The van der Waals surface area contributed by atoms with Gasteiger partial charge in [-0.25, -0.2) is 9.50 Å². The molecule has 1 atom stereocenters. The summed E-state index contributed by atoms with van der Waals surface area (Å²) in [5.41, 5.74) is 4.47. The molecule has 0 bridgehead atoms. The summed E-state index contributed by atoms with van der Waals surface area (Å²) in [5, 5.41) is 9.53. The third-order valence-electron chi connectivity index (χ3n) is 6.49. The summed E-state index contributed by atoms with van der Waals surface area (Å²) in [4.78, 5) is 25.8. The van der Waals surface area contributed by atoms with Gasteiger partial charge in [-0.05, 0) is 62.5 Å². The molecule has 0 radical (unpaired) electrons. The van der Waals surface area contributed by atoms with Crippen molar-refractivity contribution in [3.8, 4) is 21.8 Å². The maximum absolute atomic E-state index is 12.9. The Balaban J connectivity index is 0.000000774. The lowest BCUT2D eigenvalue weighted by Crippen LogP contribution is -2.42. The molecule has 0 saturated heterocycles. The van der Waals surface area contributed by atoms with Gasteiger partial charge in [0.1, 0.15) is 0 Å². The van der Waals surface area contributed by atoms with E-state index < -0.39 is 0 Å². The van der Waals surface area contributed by atoms with Crippen molar-refractivity contribution in [3.63, 3.8) is 0 Å². The van der Waals surface area contributed by atoms with E-state index in [0.717, 1.165) is 46.5 Å². The van der Waals surface area contributed by atoms with E-state index in [1.165, 1.54) is 12.8 Å². The van der Waals surface area contributed by atoms with Crippen molar-refractivity contribution in [2.24, 2.45) is 5.92 Å². The Kier molecular flexibility index (Phi) is 8.48. The Morgan fingerprint density at radius 2 is 1.97 bits per heavy atom. The summed E-state index contributed by atoms with van der Waals surface area (Å²) in [7, 11) is 0. The number of hydrogen-bond donors (Lipinski definition) is 1. The van der Waals surface area contributed by atoms with Gasteiger partial charge < -0.3 is 5.32 Å². The molecule has 1 saturated carbocycles.